The van der Waals surface area contributed by atoms with Gasteiger partial charge in [-0.2, -0.15) is 4.68 Å². The van der Waals surface area contributed by atoms with Crippen LogP contribution in [0.15, 0.2) is 42.5 Å². The van der Waals surface area contributed by atoms with Gasteiger partial charge in [-0.25, -0.2) is 4.79 Å². The van der Waals surface area contributed by atoms with Crippen molar-refractivity contribution in [1.82, 2.24) is 30.0 Å². The molecule has 1 aromatic heterocycles. The van der Waals surface area contributed by atoms with Gasteiger partial charge < -0.3 is 19.7 Å². The molecule has 0 atom stereocenters. The standard InChI is InChI=1S/C21H24ClN7O3/c1-31-17-7-8-18(19(13-17)32-2)23-21(30)28-11-9-27(10-12-28)14-20-24-25-26-29(20)16-5-3-15(22)4-6-16/h3-8,13H,9-12,14H2,1-2H3,(H,23,30). The fourth-order valence-corrected chi connectivity index (χ4v) is 3.62. The lowest BCUT2D eigenvalue weighted by atomic mass is 10.2. The number of carbonyl (C=O) groups is 1. The largest absolute Gasteiger partial charge is 0.497 e. The van der Waals surface area contributed by atoms with Crippen LogP contribution in [0.1, 0.15) is 5.82 Å². The van der Waals surface area contributed by atoms with Crippen LogP contribution >= 0.6 is 11.6 Å². The van der Waals surface area contributed by atoms with Crippen molar-refractivity contribution in [2.24, 2.45) is 0 Å². The highest BCUT2D eigenvalue weighted by atomic mass is 35.5. The first-order chi connectivity index (χ1) is 15.6. The topological polar surface area (TPSA) is 97.6 Å². The SMILES string of the molecule is COc1ccc(NC(=O)N2CCN(Cc3nnnn3-c3ccc(Cl)cc3)CC2)c(OC)c1. The van der Waals surface area contributed by atoms with Crippen LogP contribution in [0.25, 0.3) is 5.69 Å². The number of ether oxygens (including phenoxy) is 2. The van der Waals surface area contributed by atoms with Crippen LogP contribution in [0.3, 0.4) is 0 Å². The van der Waals surface area contributed by atoms with Gasteiger partial charge in [-0.3, -0.25) is 4.90 Å². The minimum atomic E-state index is -0.167. The number of amides is 2. The Balaban J connectivity index is 1.34. The van der Waals surface area contributed by atoms with Crippen molar-refractivity contribution in [2.45, 2.75) is 6.54 Å². The number of anilines is 1. The van der Waals surface area contributed by atoms with Crippen LogP contribution < -0.4 is 14.8 Å². The first kappa shape index (κ1) is 21.8. The second-order valence-corrected chi connectivity index (χ2v) is 7.68. The van der Waals surface area contributed by atoms with E-state index in [1.54, 1.807) is 54.1 Å². The molecule has 4 rings (SSSR count). The Kier molecular flexibility index (Phi) is 6.72. The lowest BCUT2D eigenvalue weighted by Crippen LogP contribution is -2.49. The summed E-state index contributed by atoms with van der Waals surface area (Å²) < 4.78 is 12.3. The van der Waals surface area contributed by atoms with Crippen molar-refractivity contribution in [3.8, 4) is 17.2 Å². The molecule has 168 valence electrons. The molecule has 0 radical (unpaired) electrons. The molecule has 1 fully saturated rings. The molecule has 11 heteroatoms. The van der Waals surface area contributed by atoms with Crippen LogP contribution in [-0.2, 0) is 6.54 Å². The number of nitrogens with zero attached hydrogens (tertiary/aromatic N) is 6. The number of hydrogen-bond donors (Lipinski definition) is 1. The summed E-state index contributed by atoms with van der Waals surface area (Å²) in [4.78, 5) is 16.7. The van der Waals surface area contributed by atoms with E-state index in [2.05, 4.69) is 25.7 Å². The van der Waals surface area contributed by atoms with E-state index in [-0.39, 0.29) is 6.03 Å². The van der Waals surface area contributed by atoms with Crippen molar-refractivity contribution in [2.75, 3.05) is 45.7 Å². The summed E-state index contributed by atoms with van der Waals surface area (Å²) in [6.45, 7) is 3.18. The summed E-state index contributed by atoms with van der Waals surface area (Å²) in [7, 11) is 3.14. The highest BCUT2D eigenvalue weighted by Gasteiger charge is 2.23. The molecule has 2 aromatic carbocycles. The quantitative estimate of drug-likeness (QED) is 0.607. The first-order valence-electron chi connectivity index (χ1n) is 10.1. The molecule has 2 amide bonds. The van der Waals surface area contributed by atoms with Gasteiger partial charge in [0.05, 0.1) is 32.1 Å². The van der Waals surface area contributed by atoms with Crippen molar-refractivity contribution >= 4 is 23.3 Å². The summed E-state index contributed by atoms with van der Waals surface area (Å²) in [5.41, 5.74) is 1.45. The molecule has 1 N–H and O–H groups in total. The van der Waals surface area contributed by atoms with Crippen molar-refractivity contribution in [3.63, 3.8) is 0 Å². The van der Waals surface area contributed by atoms with E-state index < -0.39 is 0 Å². The Hall–Kier alpha value is -3.37. The summed E-state index contributed by atoms with van der Waals surface area (Å²) >= 11 is 5.97. The number of aromatic nitrogens is 4. The molecule has 1 saturated heterocycles. The van der Waals surface area contributed by atoms with E-state index in [1.807, 2.05) is 12.1 Å². The van der Waals surface area contributed by atoms with Gasteiger partial charge in [-0.1, -0.05) is 11.6 Å². The van der Waals surface area contributed by atoms with E-state index in [0.29, 0.717) is 54.9 Å². The maximum absolute atomic E-state index is 12.7. The van der Waals surface area contributed by atoms with Gasteiger partial charge in [0.25, 0.3) is 0 Å². The van der Waals surface area contributed by atoms with Crippen molar-refractivity contribution < 1.29 is 14.3 Å². The van der Waals surface area contributed by atoms with Crippen LogP contribution in [-0.4, -0.2) is 76.4 Å². The van der Waals surface area contributed by atoms with E-state index in [4.69, 9.17) is 21.1 Å². The van der Waals surface area contributed by atoms with Crippen LogP contribution in [0.5, 0.6) is 11.5 Å². The number of hydrogen-bond acceptors (Lipinski definition) is 7. The van der Waals surface area contributed by atoms with Gasteiger partial charge in [0.1, 0.15) is 11.5 Å². The number of rotatable bonds is 6. The maximum atomic E-state index is 12.7. The lowest BCUT2D eigenvalue weighted by molar-refractivity contribution is 0.140. The molecule has 10 nitrogen and oxygen atoms in total. The third-order valence-electron chi connectivity index (χ3n) is 5.28. The third-order valence-corrected chi connectivity index (χ3v) is 5.53. The van der Waals surface area contributed by atoms with Gasteiger partial charge in [0, 0.05) is 37.3 Å². The molecule has 1 aliphatic heterocycles. The van der Waals surface area contributed by atoms with E-state index >= 15 is 0 Å². The number of urea groups is 1. The molecule has 0 unspecified atom stereocenters. The van der Waals surface area contributed by atoms with Gasteiger partial charge in [-0.05, 0) is 46.8 Å². The van der Waals surface area contributed by atoms with Crippen LogP contribution in [0.4, 0.5) is 10.5 Å². The number of methoxy groups -OCH3 is 2. The minimum absolute atomic E-state index is 0.167. The molecule has 3 aromatic rings. The molecule has 0 spiro atoms. The normalized spacial score (nSPS) is 14.3. The number of carbonyl (C=O) groups excluding carboxylic acids is 1. The maximum Gasteiger partial charge on any atom is 0.322 e. The molecule has 0 aliphatic carbocycles. The van der Waals surface area contributed by atoms with Gasteiger partial charge >= 0.3 is 6.03 Å². The number of piperazine rings is 1. The first-order valence-corrected chi connectivity index (χ1v) is 10.5. The highest BCUT2D eigenvalue weighted by Crippen LogP contribution is 2.29. The number of benzene rings is 2. The Morgan fingerprint density at radius 2 is 1.81 bits per heavy atom. The molecule has 1 aliphatic rings. The molecule has 0 bridgehead atoms. The molecule has 32 heavy (non-hydrogen) atoms. The van der Waals surface area contributed by atoms with E-state index in [9.17, 15) is 4.79 Å². The highest BCUT2D eigenvalue weighted by molar-refractivity contribution is 6.30. The summed E-state index contributed by atoms with van der Waals surface area (Å²) in [5.74, 6) is 1.94. The summed E-state index contributed by atoms with van der Waals surface area (Å²) in [5, 5.41) is 15.6. The average molecular weight is 458 g/mol. The zero-order valence-electron chi connectivity index (χ0n) is 17.9. The van der Waals surface area contributed by atoms with Gasteiger partial charge in [0.15, 0.2) is 5.82 Å². The number of halogens is 1. The summed E-state index contributed by atoms with van der Waals surface area (Å²) in [6.07, 6.45) is 0. The van der Waals surface area contributed by atoms with E-state index in [0.717, 1.165) is 11.5 Å². The molecular weight excluding hydrogens is 434 g/mol. The van der Waals surface area contributed by atoms with Crippen molar-refractivity contribution in [1.29, 1.82) is 0 Å². The van der Waals surface area contributed by atoms with Crippen molar-refractivity contribution in [3.05, 3.63) is 53.3 Å². The predicted molar refractivity (Wildman–Crippen MR) is 120 cm³/mol. The minimum Gasteiger partial charge on any atom is -0.497 e. The lowest BCUT2D eigenvalue weighted by Gasteiger charge is -2.34. The van der Waals surface area contributed by atoms with Crippen LogP contribution in [0, 0.1) is 0 Å². The molecular formula is C21H24ClN7O3. The Morgan fingerprint density at radius 3 is 2.50 bits per heavy atom. The van der Waals surface area contributed by atoms with Gasteiger partial charge in [-0.15, -0.1) is 5.10 Å². The third kappa shape index (κ3) is 4.92. The van der Waals surface area contributed by atoms with Crippen LogP contribution in [0.2, 0.25) is 5.02 Å². The van der Waals surface area contributed by atoms with Gasteiger partial charge in [0.2, 0.25) is 0 Å². The predicted octanol–water partition coefficient (Wildman–Crippen LogP) is 2.68. The second-order valence-electron chi connectivity index (χ2n) is 7.24. The Labute approximate surface area is 190 Å². The monoisotopic (exact) mass is 457 g/mol. The second kappa shape index (κ2) is 9.84. The Morgan fingerprint density at radius 1 is 1.06 bits per heavy atom. The number of tetrazole rings is 1. The zero-order valence-corrected chi connectivity index (χ0v) is 18.6. The zero-order chi connectivity index (χ0) is 22.5. The van der Waals surface area contributed by atoms with E-state index in [1.165, 1.54) is 0 Å². The fourth-order valence-electron chi connectivity index (χ4n) is 3.49. The molecule has 0 saturated carbocycles. The fraction of sp³-hybridized carbons (Fsp3) is 0.333. The average Bonchev–Trinajstić information content (AvgIpc) is 3.28. The number of nitrogens with one attached hydrogen (secondary N) is 1. The molecule has 2 heterocycles. The Bertz CT molecular complexity index is 1070. The summed E-state index contributed by atoms with van der Waals surface area (Å²) in [6, 6.07) is 12.5. The smallest absolute Gasteiger partial charge is 0.322 e.